The predicted molar refractivity (Wildman–Crippen MR) is 83.5 cm³/mol. The molecule has 4 heteroatoms. The Kier molecular flexibility index (Phi) is 3.59. The maximum Gasteiger partial charge on any atom is 0.194 e. The van der Waals surface area contributed by atoms with E-state index in [4.69, 9.17) is 0 Å². The molecule has 0 radical (unpaired) electrons. The molecule has 0 unspecified atom stereocenters. The Hall–Kier alpha value is -2.75. The second kappa shape index (κ2) is 5.56. The lowest BCUT2D eigenvalue weighted by Crippen LogP contribution is -2.21. The van der Waals surface area contributed by atoms with Gasteiger partial charge >= 0.3 is 0 Å². The summed E-state index contributed by atoms with van der Waals surface area (Å²) in [6.45, 7) is 2.04. The van der Waals surface area contributed by atoms with Gasteiger partial charge in [-0.05, 0) is 25.1 Å². The molecule has 1 aliphatic carbocycles. The normalized spacial score (nSPS) is 12.6. The highest BCUT2D eigenvalue weighted by molar-refractivity contribution is 6.28. The van der Waals surface area contributed by atoms with Crippen LogP contribution in [-0.2, 0) is 4.79 Å². The summed E-state index contributed by atoms with van der Waals surface area (Å²) in [6.07, 6.45) is 0.423. The van der Waals surface area contributed by atoms with Gasteiger partial charge in [-0.1, -0.05) is 24.3 Å². The van der Waals surface area contributed by atoms with Crippen molar-refractivity contribution in [2.45, 2.75) is 13.3 Å². The van der Waals surface area contributed by atoms with Crippen LogP contribution < -0.4 is 5.32 Å². The Bertz CT molecular complexity index is 793. The van der Waals surface area contributed by atoms with Crippen molar-refractivity contribution >= 4 is 23.0 Å². The first-order valence-electron chi connectivity index (χ1n) is 7.13. The molecule has 1 aliphatic rings. The van der Waals surface area contributed by atoms with Crippen molar-refractivity contribution in [1.82, 2.24) is 0 Å². The molecule has 22 heavy (non-hydrogen) atoms. The van der Waals surface area contributed by atoms with Crippen molar-refractivity contribution in [3.05, 3.63) is 64.7 Å². The summed E-state index contributed by atoms with van der Waals surface area (Å²) in [7, 11) is 0. The molecule has 1 N–H and O–H groups in total. The monoisotopic (exact) mass is 293 g/mol. The van der Waals surface area contributed by atoms with Crippen molar-refractivity contribution in [3.63, 3.8) is 0 Å². The highest BCUT2D eigenvalue weighted by atomic mass is 16.1. The Morgan fingerprint density at radius 2 is 1.50 bits per heavy atom. The van der Waals surface area contributed by atoms with Gasteiger partial charge in [-0.2, -0.15) is 0 Å². The minimum absolute atomic E-state index is 0.102. The third-order valence-electron chi connectivity index (χ3n) is 3.73. The summed E-state index contributed by atoms with van der Waals surface area (Å²) in [5, 5.41) is 3.10. The van der Waals surface area contributed by atoms with Gasteiger partial charge in [0.2, 0.25) is 0 Å². The Morgan fingerprint density at radius 1 is 0.909 bits per heavy atom. The molecular weight excluding hydrogens is 278 g/mol. The minimum atomic E-state index is -0.139. The van der Waals surface area contributed by atoms with Crippen LogP contribution in [0.2, 0.25) is 0 Å². The molecule has 0 heterocycles. The molecule has 0 bridgehead atoms. The van der Waals surface area contributed by atoms with Gasteiger partial charge in [0.25, 0.3) is 0 Å². The number of nitrogens with one attached hydrogen (secondary N) is 1. The maximum atomic E-state index is 12.6. The third-order valence-corrected chi connectivity index (χ3v) is 3.73. The first kappa shape index (κ1) is 14.2. The van der Waals surface area contributed by atoms with E-state index >= 15 is 0 Å². The van der Waals surface area contributed by atoms with Gasteiger partial charge in [-0.25, -0.2) is 0 Å². The number of carbonyl (C=O) groups excluding carboxylic acids is 3. The quantitative estimate of drug-likeness (QED) is 0.803. The molecule has 0 amide bonds. The van der Waals surface area contributed by atoms with Crippen LogP contribution in [0.15, 0.2) is 42.5 Å². The van der Waals surface area contributed by atoms with Crippen molar-refractivity contribution in [1.29, 1.82) is 0 Å². The molecule has 0 aliphatic heterocycles. The zero-order valence-corrected chi connectivity index (χ0v) is 12.2. The van der Waals surface area contributed by atoms with Crippen LogP contribution in [0.5, 0.6) is 0 Å². The van der Waals surface area contributed by atoms with Gasteiger partial charge in [-0.3, -0.25) is 14.4 Å². The van der Waals surface area contributed by atoms with Gasteiger partial charge in [0.05, 0.1) is 0 Å². The molecule has 110 valence electrons. The summed E-state index contributed by atoms with van der Waals surface area (Å²) >= 11 is 0. The smallest absolute Gasteiger partial charge is 0.194 e. The zero-order valence-electron chi connectivity index (χ0n) is 12.2. The number of Topliss-reactive ketones (excluding diaryl/α,β-unsaturated/α-hetero) is 1. The average molecular weight is 293 g/mol. The van der Waals surface area contributed by atoms with Gasteiger partial charge in [0.15, 0.2) is 11.6 Å². The van der Waals surface area contributed by atoms with E-state index in [1.54, 1.807) is 42.5 Å². The number of carbonyl (C=O) groups is 3. The summed E-state index contributed by atoms with van der Waals surface area (Å²) < 4.78 is 0. The van der Waals surface area contributed by atoms with Crippen molar-refractivity contribution in [3.8, 4) is 0 Å². The maximum absolute atomic E-state index is 12.6. The molecule has 0 saturated carbocycles. The van der Waals surface area contributed by atoms with Crippen molar-refractivity contribution in [2.75, 3.05) is 11.9 Å². The van der Waals surface area contributed by atoms with E-state index in [-0.39, 0.29) is 17.3 Å². The Labute approximate surface area is 128 Å². The first-order valence-corrected chi connectivity index (χ1v) is 7.13. The highest BCUT2D eigenvalue weighted by Crippen LogP contribution is 2.29. The zero-order chi connectivity index (χ0) is 15.7. The third kappa shape index (κ3) is 2.44. The summed E-state index contributed by atoms with van der Waals surface area (Å²) in [5.74, 6) is -0.161. The minimum Gasteiger partial charge on any atom is -0.385 e. The van der Waals surface area contributed by atoms with Crippen molar-refractivity contribution < 1.29 is 14.4 Å². The lowest BCUT2D eigenvalue weighted by Gasteiger charge is -2.18. The van der Waals surface area contributed by atoms with E-state index in [1.165, 1.54) is 6.92 Å². The molecular formula is C18H15NO3. The Morgan fingerprint density at radius 3 is 2.14 bits per heavy atom. The molecule has 3 rings (SSSR count). The fraction of sp³-hybridized carbons (Fsp3) is 0.167. The molecule has 4 nitrogen and oxygen atoms in total. The molecule has 0 saturated heterocycles. The van der Waals surface area contributed by atoms with Crippen LogP contribution >= 0.6 is 0 Å². The number of fused-ring (bicyclic) bond motifs is 2. The number of rotatable bonds is 4. The molecule has 0 atom stereocenters. The summed E-state index contributed by atoms with van der Waals surface area (Å²) in [6, 6.07) is 12.0. The van der Waals surface area contributed by atoms with E-state index in [0.717, 1.165) is 5.69 Å². The summed E-state index contributed by atoms with van der Waals surface area (Å²) in [5.41, 5.74) is 2.48. The van der Waals surface area contributed by atoms with Crippen LogP contribution in [0.1, 0.15) is 45.2 Å². The average Bonchev–Trinajstić information content (AvgIpc) is 2.52. The SMILES string of the molecule is CC(=O)CCNc1ccc2c(c1)C(=O)c1ccccc1C2=O. The lowest BCUT2D eigenvalue weighted by atomic mass is 9.84. The fourth-order valence-corrected chi connectivity index (χ4v) is 2.59. The number of hydrogen-bond acceptors (Lipinski definition) is 4. The lowest BCUT2D eigenvalue weighted by molar-refractivity contribution is -0.116. The van der Waals surface area contributed by atoms with Gasteiger partial charge in [-0.15, -0.1) is 0 Å². The number of ketones is 3. The van der Waals surface area contributed by atoms with Crippen LogP contribution in [0.3, 0.4) is 0 Å². The van der Waals surface area contributed by atoms with Crippen molar-refractivity contribution in [2.24, 2.45) is 0 Å². The van der Waals surface area contributed by atoms with Crippen LogP contribution in [0, 0.1) is 0 Å². The molecule has 0 spiro atoms. The fourth-order valence-electron chi connectivity index (χ4n) is 2.59. The van der Waals surface area contributed by atoms with E-state index in [2.05, 4.69) is 5.32 Å². The highest BCUT2D eigenvalue weighted by Gasteiger charge is 2.29. The van der Waals surface area contributed by atoms with Crippen LogP contribution in [-0.4, -0.2) is 23.9 Å². The first-order chi connectivity index (χ1) is 10.6. The molecule has 0 fully saturated rings. The van der Waals surface area contributed by atoms with E-state index < -0.39 is 0 Å². The van der Waals surface area contributed by atoms with Crippen LogP contribution in [0.25, 0.3) is 0 Å². The van der Waals surface area contributed by atoms with Gasteiger partial charge < -0.3 is 5.32 Å². The topological polar surface area (TPSA) is 63.2 Å². The second-order valence-corrected chi connectivity index (χ2v) is 5.34. The molecule has 2 aromatic rings. The number of hydrogen-bond donors (Lipinski definition) is 1. The van der Waals surface area contributed by atoms with E-state index in [0.29, 0.717) is 35.2 Å². The van der Waals surface area contributed by atoms with E-state index in [1.807, 2.05) is 0 Å². The Balaban J connectivity index is 1.94. The second-order valence-electron chi connectivity index (χ2n) is 5.34. The summed E-state index contributed by atoms with van der Waals surface area (Å²) in [4.78, 5) is 36.0. The van der Waals surface area contributed by atoms with E-state index in [9.17, 15) is 14.4 Å². The van der Waals surface area contributed by atoms with Crippen LogP contribution in [0.4, 0.5) is 5.69 Å². The number of benzene rings is 2. The molecule has 2 aromatic carbocycles. The standard InChI is InChI=1S/C18H15NO3/c1-11(20)8-9-19-12-6-7-15-16(10-12)18(22)14-5-3-2-4-13(14)17(15)21/h2-7,10,19H,8-9H2,1H3. The predicted octanol–water partition coefficient (Wildman–Crippen LogP) is 2.85. The number of anilines is 1. The largest absolute Gasteiger partial charge is 0.385 e. The van der Waals surface area contributed by atoms with Gasteiger partial charge in [0.1, 0.15) is 5.78 Å². The molecule has 0 aromatic heterocycles. The van der Waals surface area contributed by atoms with Gasteiger partial charge in [0, 0.05) is 40.9 Å².